The maximum absolute atomic E-state index is 12.1. The number of hydrogen-bond donors (Lipinski definition) is 2. The first kappa shape index (κ1) is 20.3. The number of rotatable bonds is 5. The first-order valence-electron chi connectivity index (χ1n) is 7.36. The molecule has 0 bridgehead atoms. The van der Waals surface area contributed by atoms with Crippen molar-refractivity contribution in [2.75, 3.05) is 13.2 Å². The van der Waals surface area contributed by atoms with Gasteiger partial charge in [0.25, 0.3) is 5.91 Å². The molecular weight excluding hydrogens is 389 g/mol. The molecule has 0 atom stereocenters. The number of aromatic nitrogens is 2. The number of aryl methyl sites for hydroxylation is 1. The molecule has 2 rings (SSSR count). The minimum Gasteiger partial charge on any atom is -0.451 e. The summed E-state index contributed by atoms with van der Waals surface area (Å²) in [5, 5.41) is 3.55. The zero-order chi connectivity index (χ0) is 20.0. The minimum absolute atomic E-state index is 0.143. The Morgan fingerprint density at radius 1 is 1.26 bits per heavy atom. The summed E-state index contributed by atoms with van der Waals surface area (Å²) in [4.78, 5) is 43.1. The lowest BCUT2D eigenvalue weighted by atomic mass is 10.3. The van der Waals surface area contributed by atoms with Crippen LogP contribution in [-0.2, 0) is 9.53 Å². The number of imide groups is 1. The highest BCUT2D eigenvalue weighted by Crippen LogP contribution is 2.26. The van der Waals surface area contributed by atoms with Crippen LogP contribution in [0.25, 0.3) is 10.7 Å². The largest absolute Gasteiger partial charge is 0.451 e. The predicted octanol–water partition coefficient (Wildman–Crippen LogP) is 2.06. The monoisotopic (exact) mass is 402 g/mol. The van der Waals surface area contributed by atoms with Crippen LogP contribution in [0.3, 0.4) is 0 Å². The maximum atomic E-state index is 12.1. The molecule has 2 aromatic rings. The molecular formula is C15H13F3N4O4S. The molecule has 12 heteroatoms. The second kappa shape index (κ2) is 8.58. The number of nitrogens with zero attached hydrogens (tertiary/aromatic N) is 2. The Balaban J connectivity index is 1.88. The number of ether oxygens (including phenoxy) is 1. The van der Waals surface area contributed by atoms with Crippen LogP contribution in [0.5, 0.6) is 0 Å². The molecule has 3 amide bonds. The lowest BCUT2D eigenvalue weighted by Crippen LogP contribution is -2.44. The first-order valence-corrected chi connectivity index (χ1v) is 8.18. The summed E-state index contributed by atoms with van der Waals surface area (Å²) in [6.07, 6.45) is -3.04. The predicted molar refractivity (Wildman–Crippen MR) is 88.0 cm³/mol. The summed E-state index contributed by atoms with van der Waals surface area (Å²) in [6.45, 7) is -0.860. The fourth-order valence-electron chi connectivity index (χ4n) is 1.77. The number of nitrogens with one attached hydrogen (secondary N) is 2. The van der Waals surface area contributed by atoms with Crippen LogP contribution in [-0.4, -0.2) is 47.2 Å². The van der Waals surface area contributed by atoms with Gasteiger partial charge in [0.15, 0.2) is 6.61 Å². The molecule has 0 saturated heterocycles. The third-order valence-electron chi connectivity index (χ3n) is 2.90. The number of halogens is 3. The Labute approximate surface area is 154 Å². The van der Waals surface area contributed by atoms with E-state index in [9.17, 15) is 27.6 Å². The van der Waals surface area contributed by atoms with Crippen molar-refractivity contribution in [1.29, 1.82) is 0 Å². The van der Waals surface area contributed by atoms with Gasteiger partial charge in [0.2, 0.25) is 0 Å². The molecule has 0 aliphatic heterocycles. The fraction of sp³-hybridized carbons (Fsp3) is 0.267. The first-order chi connectivity index (χ1) is 12.7. The molecule has 0 aliphatic carbocycles. The Morgan fingerprint density at radius 3 is 2.63 bits per heavy atom. The van der Waals surface area contributed by atoms with Gasteiger partial charge in [0.1, 0.15) is 16.4 Å². The average Bonchev–Trinajstić information content (AvgIpc) is 3.00. The highest BCUT2D eigenvalue weighted by molar-refractivity contribution is 7.17. The van der Waals surface area contributed by atoms with Crippen molar-refractivity contribution in [3.8, 4) is 10.7 Å². The summed E-state index contributed by atoms with van der Waals surface area (Å²) in [7, 11) is 0. The fourth-order valence-corrected chi connectivity index (χ4v) is 2.71. The van der Waals surface area contributed by atoms with Crippen molar-refractivity contribution in [2.45, 2.75) is 13.1 Å². The Kier molecular flexibility index (Phi) is 6.45. The SMILES string of the molecule is Cc1nc(-c2ccccn2)sc1C(=O)OCC(=O)NC(=O)NCC(F)(F)F. The van der Waals surface area contributed by atoms with E-state index >= 15 is 0 Å². The number of hydrogen-bond acceptors (Lipinski definition) is 7. The van der Waals surface area contributed by atoms with E-state index in [0.29, 0.717) is 16.4 Å². The molecule has 0 saturated carbocycles. The Bertz CT molecular complexity index is 839. The third kappa shape index (κ3) is 6.33. The van der Waals surface area contributed by atoms with Crippen LogP contribution >= 0.6 is 11.3 Å². The smallest absolute Gasteiger partial charge is 0.405 e. The highest BCUT2D eigenvalue weighted by Gasteiger charge is 2.28. The van der Waals surface area contributed by atoms with E-state index in [-0.39, 0.29) is 4.88 Å². The van der Waals surface area contributed by atoms with Gasteiger partial charge in [0, 0.05) is 6.20 Å². The molecule has 0 unspecified atom stereocenters. The van der Waals surface area contributed by atoms with E-state index in [2.05, 4.69) is 9.97 Å². The van der Waals surface area contributed by atoms with Crippen LogP contribution in [0, 0.1) is 6.92 Å². The molecule has 0 aromatic carbocycles. The summed E-state index contributed by atoms with van der Waals surface area (Å²) >= 11 is 1.01. The van der Waals surface area contributed by atoms with Crippen molar-refractivity contribution in [2.24, 2.45) is 0 Å². The van der Waals surface area contributed by atoms with E-state index in [1.807, 2.05) is 0 Å². The van der Waals surface area contributed by atoms with Crippen molar-refractivity contribution in [1.82, 2.24) is 20.6 Å². The van der Waals surface area contributed by atoms with E-state index < -0.39 is 37.2 Å². The van der Waals surface area contributed by atoms with Crippen LogP contribution in [0.15, 0.2) is 24.4 Å². The molecule has 144 valence electrons. The zero-order valence-electron chi connectivity index (χ0n) is 13.8. The standard InChI is InChI=1S/C15H13F3N4O4S/c1-8-11(27-12(21-8)9-4-2-3-5-19-9)13(24)26-6-10(23)22-14(25)20-7-15(16,17)18/h2-5H,6-7H2,1H3,(H2,20,22,23,25). The summed E-state index contributed by atoms with van der Waals surface area (Å²) in [5.74, 6) is -1.92. The number of carbonyl (C=O) groups is 3. The van der Waals surface area contributed by atoms with Gasteiger partial charge in [-0.05, 0) is 19.1 Å². The van der Waals surface area contributed by atoms with Crippen molar-refractivity contribution in [3.63, 3.8) is 0 Å². The highest BCUT2D eigenvalue weighted by atomic mass is 32.1. The quantitative estimate of drug-likeness (QED) is 0.741. The lowest BCUT2D eigenvalue weighted by molar-refractivity contribution is -0.125. The van der Waals surface area contributed by atoms with Gasteiger partial charge in [-0.3, -0.25) is 15.1 Å². The number of urea groups is 1. The molecule has 2 aromatic heterocycles. The second-order valence-electron chi connectivity index (χ2n) is 5.07. The molecule has 2 N–H and O–H groups in total. The molecule has 8 nitrogen and oxygen atoms in total. The van der Waals surface area contributed by atoms with Crippen molar-refractivity contribution >= 4 is 29.2 Å². The molecule has 0 aliphatic rings. The third-order valence-corrected chi connectivity index (χ3v) is 4.06. The van der Waals surface area contributed by atoms with E-state index in [1.54, 1.807) is 36.6 Å². The van der Waals surface area contributed by atoms with Gasteiger partial charge in [-0.15, -0.1) is 11.3 Å². The van der Waals surface area contributed by atoms with Crippen molar-refractivity contribution in [3.05, 3.63) is 35.0 Å². The average molecular weight is 402 g/mol. The number of thiazole rings is 1. The molecule has 0 radical (unpaired) electrons. The number of carbonyl (C=O) groups excluding carboxylic acids is 3. The summed E-state index contributed by atoms with van der Waals surface area (Å²) in [6, 6.07) is 3.84. The zero-order valence-corrected chi connectivity index (χ0v) is 14.6. The number of pyridine rings is 1. The van der Waals surface area contributed by atoms with Crippen LogP contribution in [0.2, 0.25) is 0 Å². The molecule has 0 spiro atoms. The van der Waals surface area contributed by atoms with Gasteiger partial charge < -0.3 is 10.1 Å². The Morgan fingerprint density at radius 2 is 2.00 bits per heavy atom. The molecule has 27 heavy (non-hydrogen) atoms. The van der Waals surface area contributed by atoms with E-state index in [1.165, 1.54) is 5.32 Å². The van der Waals surface area contributed by atoms with Crippen LogP contribution in [0.4, 0.5) is 18.0 Å². The number of amides is 3. The second-order valence-corrected chi connectivity index (χ2v) is 6.07. The maximum Gasteiger partial charge on any atom is 0.405 e. The van der Waals surface area contributed by atoms with Crippen LogP contribution < -0.4 is 10.6 Å². The number of esters is 1. The van der Waals surface area contributed by atoms with Gasteiger partial charge >= 0.3 is 18.2 Å². The summed E-state index contributed by atoms with van der Waals surface area (Å²) < 4.78 is 40.6. The van der Waals surface area contributed by atoms with Crippen molar-refractivity contribution < 1.29 is 32.3 Å². The normalized spacial score (nSPS) is 11.0. The van der Waals surface area contributed by atoms with Gasteiger partial charge in [-0.2, -0.15) is 13.2 Å². The molecule has 0 fully saturated rings. The lowest BCUT2D eigenvalue weighted by Gasteiger charge is -2.09. The topological polar surface area (TPSA) is 110 Å². The van der Waals surface area contributed by atoms with E-state index in [0.717, 1.165) is 11.3 Å². The van der Waals surface area contributed by atoms with Crippen LogP contribution in [0.1, 0.15) is 15.4 Å². The van der Waals surface area contributed by atoms with Gasteiger partial charge in [-0.1, -0.05) is 6.07 Å². The number of alkyl halides is 3. The molecule has 2 heterocycles. The van der Waals surface area contributed by atoms with Gasteiger partial charge in [0.05, 0.1) is 11.4 Å². The van der Waals surface area contributed by atoms with Gasteiger partial charge in [-0.25, -0.2) is 14.6 Å². The minimum atomic E-state index is -4.61. The summed E-state index contributed by atoms with van der Waals surface area (Å²) in [5.41, 5.74) is 0.928. The van der Waals surface area contributed by atoms with E-state index in [4.69, 9.17) is 4.74 Å². The Hall–Kier alpha value is -3.02.